The third-order valence-corrected chi connectivity index (χ3v) is 3.98. The van der Waals surface area contributed by atoms with Crippen molar-refractivity contribution in [1.82, 2.24) is 5.32 Å². The number of thioether (sulfide) groups is 1. The molecule has 0 spiro atoms. The van der Waals surface area contributed by atoms with Gasteiger partial charge < -0.3 is 9.73 Å². The summed E-state index contributed by atoms with van der Waals surface area (Å²) in [6, 6.07) is 8.21. The maximum absolute atomic E-state index is 5.26. The molecule has 0 atom stereocenters. The summed E-state index contributed by atoms with van der Waals surface area (Å²) in [6.45, 7) is 2.03. The van der Waals surface area contributed by atoms with E-state index in [-0.39, 0.29) is 0 Å². The van der Waals surface area contributed by atoms with E-state index in [0.717, 1.165) is 30.4 Å². The Hall–Kier alpha value is -0.710. The van der Waals surface area contributed by atoms with E-state index < -0.39 is 0 Å². The monoisotopic (exact) mass is 253 g/mol. The zero-order valence-electron chi connectivity index (χ0n) is 9.02. The molecule has 0 aliphatic rings. The van der Waals surface area contributed by atoms with Gasteiger partial charge in [0.1, 0.15) is 5.76 Å². The molecule has 0 radical (unpaired) electrons. The number of nitrogens with one attached hydrogen (secondary N) is 1. The topological polar surface area (TPSA) is 25.2 Å². The highest BCUT2D eigenvalue weighted by Crippen LogP contribution is 2.11. The van der Waals surface area contributed by atoms with Gasteiger partial charge >= 0.3 is 0 Å². The van der Waals surface area contributed by atoms with Crippen LogP contribution in [0.3, 0.4) is 0 Å². The Bertz CT molecular complexity index is 331. The van der Waals surface area contributed by atoms with Gasteiger partial charge in [-0.1, -0.05) is 6.07 Å². The smallest absolute Gasteiger partial charge is 0.113 e. The molecule has 2 aromatic heterocycles. The maximum atomic E-state index is 5.26. The molecule has 2 rings (SSSR count). The summed E-state index contributed by atoms with van der Waals surface area (Å²) in [7, 11) is 0. The van der Waals surface area contributed by atoms with Gasteiger partial charge in [-0.25, -0.2) is 0 Å². The van der Waals surface area contributed by atoms with Crippen molar-refractivity contribution in [3.63, 3.8) is 0 Å². The lowest BCUT2D eigenvalue weighted by atomic mass is 10.4. The predicted molar refractivity (Wildman–Crippen MR) is 70.9 cm³/mol. The molecule has 0 unspecified atom stereocenters. The van der Waals surface area contributed by atoms with E-state index in [9.17, 15) is 0 Å². The van der Waals surface area contributed by atoms with Gasteiger partial charge in [0.05, 0.1) is 12.0 Å². The second kappa shape index (κ2) is 6.78. The van der Waals surface area contributed by atoms with Gasteiger partial charge in [0.2, 0.25) is 0 Å². The third-order valence-electron chi connectivity index (χ3n) is 2.13. The highest BCUT2D eigenvalue weighted by atomic mass is 32.2. The molecule has 0 aliphatic carbocycles. The van der Waals surface area contributed by atoms with Gasteiger partial charge in [0.15, 0.2) is 0 Å². The second-order valence-corrected chi connectivity index (χ2v) is 5.53. The lowest BCUT2D eigenvalue weighted by molar-refractivity contribution is 0.530. The highest BCUT2D eigenvalue weighted by molar-refractivity contribution is 7.98. The summed E-state index contributed by atoms with van der Waals surface area (Å²) in [5, 5.41) is 5.54. The summed E-state index contributed by atoms with van der Waals surface area (Å²) < 4.78 is 5.26. The molecule has 0 saturated heterocycles. The summed E-state index contributed by atoms with van der Waals surface area (Å²) in [5.41, 5.74) is 0. The number of furan rings is 1. The normalized spacial score (nSPS) is 10.8. The minimum absolute atomic E-state index is 0.966. The Kier molecular flexibility index (Phi) is 4.99. The van der Waals surface area contributed by atoms with Crippen LogP contribution in [0.4, 0.5) is 0 Å². The molecule has 86 valence electrons. The van der Waals surface area contributed by atoms with Crippen molar-refractivity contribution in [3.8, 4) is 0 Å². The van der Waals surface area contributed by atoms with E-state index in [1.165, 1.54) is 4.88 Å². The van der Waals surface area contributed by atoms with Crippen LogP contribution in [0.15, 0.2) is 40.3 Å². The van der Waals surface area contributed by atoms with E-state index in [2.05, 4.69) is 22.8 Å². The van der Waals surface area contributed by atoms with Crippen LogP contribution in [-0.2, 0) is 12.3 Å². The fraction of sp³-hybridized carbons (Fsp3) is 0.333. The first-order chi connectivity index (χ1) is 7.95. The number of rotatable bonds is 7. The maximum Gasteiger partial charge on any atom is 0.113 e. The first-order valence-corrected chi connectivity index (χ1v) is 7.32. The minimum atomic E-state index is 0.966. The molecule has 0 aliphatic heterocycles. The van der Waals surface area contributed by atoms with Crippen LogP contribution in [0.5, 0.6) is 0 Å². The molecular formula is C12H15NOS2. The summed E-state index contributed by atoms with van der Waals surface area (Å²) >= 11 is 3.70. The predicted octanol–water partition coefficient (Wildman–Crippen LogP) is 3.36. The number of hydrogen-bond acceptors (Lipinski definition) is 4. The molecule has 1 N–H and O–H groups in total. The van der Waals surface area contributed by atoms with Crippen LogP contribution in [0, 0.1) is 0 Å². The molecule has 2 heterocycles. The lowest BCUT2D eigenvalue weighted by Gasteiger charge is -2.02. The Morgan fingerprint density at radius 2 is 2.31 bits per heavy atom. The fourth-order valence-corrected chi connectivity index (χ4v) is 2.81. The second-order valence-electron chi connectivity index (χ2n) is 3.39. The van der Waals surface area contributed by atoms with Gasteiger partial charge in [0, 0.05) is 23.7 Å². The standard InChI is InChI=1S/C12H15NOS2/c1-3-11(14-6-1)10-15-8-5-13-9-12-4-2-7-16-12/h1-4,6-7,13H,5,8-10H2. The van der Waals surface area contributed by atoms with Crippen LogP contribution < -0.4 is 5.32 Å². The fourth-order valence-electron chi connectivity index (χ4n) is 1.34. The molecule has 0 aromatic carbocycles. The minimum Gasteiger partial charge on any atom is -0.468 e. The Balaban J connectivity index is 1.49. The SMILES string of the molecule is c1coc(CSCCNCc2cccs2)c1. The van der Waals surface area contributed by atoms with E-state index >= 15 is 0 Å². The Labute approximate surface area is 104 Å². The van der Waals surface area contributed by atoms with E-state index in [4.69, 9.17) is 4.42 Å². The van der Waals surface area contributed by atoms with Crippen molar-refractivity contribution in [2.75, 3.05) is 12.3 Å². The van der Waals surface area contributed by atoms with Gasteiger partial charge in [-0.3, -0.25) is 0 Å². The zero-order chi connectivity index (χ0) is 11.1. The van der Waals surface area contributed by atoms with Crippen molar-refractivity contribution in [3.05, 3.63) is 46.5 Å². The van der Waals surface area contributed by atoms with Crippen molar-refractivity contribution < 1.29 is 4.42 Å². The Morgan fingerprint density at radius 1 is 1.31 bits per heavy atom. The van der Waals surface area contributed by atoms with Gasteiger partial charge in [-0.15, -0.1) is 11.3 Å². The quantitative estimate of drug-likeness (QED) is 0.766. The molecule has 2 aromatic rings. The van der Waals surface area contributed by atoms with Crippen LogP contribution in [0.2, 0.25) is 0 Å². The molecule has 2 nitrogen and oxygen atoms in total. The van der Waals surface area contributed by atoms with E-state index in [1.54, 1.807) is 17.6 Å². The van der Waals surface area contributed by atoms with Gasteiger partial charge in [-0.2, -0.15) is 11.8 Å². The molecular weight excluding hydrogens is 238 g/mol. The van der Waals surface area contributed by atoms with Gasteiger partial charge in [0.25, 0.3) is 0 Å². The molecule has 0 saturated carbocycles. The van der Waals surface area contributed by atoms with Crippen molar-refractivity contribution >= 4 is 23.1 Å². The molecule has 0 bridgehead atoms. The van der Waals surface area contributed by atoms with Crippen molar-refractivity contribution in [2.24, 2.45) is 0 Å². The first kappa shape index (κ1) is 11.8. The van der Waals surface area contributed by atoms with Crippen molar-refractivity contribution in [2.45, 2.75) is 12.3 Å². The number of thiophene rings is 1. The zero-order valence-corrected chi connectivity index (χ0v) is 10.7. The largest absolute Gasteiger partial charge is 0.468 e. The van der Waals surface area contributed by atoms with Crippen LogP contribution in [0.25, 0.3) is 0 Å². The molecule has 16 heavy (non-hydrogen) atoms. The number of hydrogen-bond donors (Lipinski definition) is 1. The van der Waals surface area contributed by atoms with Crippen LogP contribution in [-0.4, -0.2) is 12.3 Å². The third kappa shape index (κ3) is 4.04. The summed E-state index contributed by atoms with van der Waals surface area (Å²) in [5.74, 6) is 3.14. The average molecular weight is 253 g/mol. The average Bonchev–Trinajstić information content (AvgIpc) is 2.96. The Morgan fingerprint density at radius 3 is 3.06 bits per heavy atom. The van der Waals surface area contributed by atoms with Crippen LogP contribution in [0.1, 0.15) is 10.6 Å². The van der Waals surface area contributed by atoms with Gasteiger partial charge in [-0.05, 0) is 23.6 Å². The van der Waals surface area contributed by atoms with Crippen LogP contribution >= 0.6 is 23.1 Å². The summed E-state index contributed by atoms with van der Waals surface area (Å²) in [4.78, 5) is 1.40. The molecule has 0 fully saturated rings. The van der Waals surface area contributed by atoms with Crippen molar-refractivity contribution in [1.29, 1.82) is 0 Å². The molecule has 4 heteroatoms. The lowest BCUT2D eigenvalue weighted by Crippen LogP contribution is -2.15. The van der Waals surface area contributed by atoms with E-state index in [0.29, 0.717) is 0 Å². The molecule has 0 amide bonds. The summed E-state index contributed by atoms with van der Waals surface area (Å²) in [6.07, 6.45) is 1.73. The first-order valence-electron chi connectivity index (χ1n) is 5.28. The highest BCUT2D eigenvalue weighted by Gasteiger charge is 1.96. The van der Waals surface area contributed by atoms with E-state index in [1.807, 2.05) is 23.9 Å².